The van der Waals surface area contributed by atoms with E-state index in [4.69, 9.17) is 9.47 Å². The molecule has 0 spiro atoms. The molecule has 0 saturated carbocycles. The van der Waals surface area contributed by atoms with E-state index in [2.05, 4.69) is 15.9 Å². The smallest absolute Gasteiger partial charge is 0.324 e. The lowest BCUT2D eigenvalue weighted by atomic mass is 9.89. The maximum absolute atomic E-state index is 12.3. The highest BCUT2D eigenvalue weighted by molar-refractivity contribution is 9.09. The van der Waals surface area contributed by atoms with Crippen LogP contribution in [0.4, 0.5) is 0 Å². The SMILES string of the molecule is CC(C)(C)OC(=O)C(Br)c1cccc2c1C(C)(C)OC2. The van der Waals surface area contributed by atoms with E-state index >= 15 is 0 Å². The van der Waals surface area contributed by atoms with Crippen LogP contribution < -0.4 is 0 Å². The van der Waals surface area contributed by atoms with Crippen molar-refractivity contribution in [2.75, 3.05) is 0 Å². The molecule has 0 aliphatic carbocycles. The Morgan fingerprint density at radius 3 is 2.65 bits per heavy atom. The third-order valence-electron chi connectivity index (χ3n) is 3.26. The number of rotatable bonds is 2. The van der Waals surface area contributed by atoms with Gasteiger partial charge in [0.25, 0.3) is 0 Å². The third kappa shape index (κ3) is 3.07. The third-order valence-corrected chi connectivity index (χ3v) is 4.13. The Morgan fingerprint density at radius 2 is 2.05 bits per heavy atom. The van der Waals surface area contributed by atoms with E-state index in [1.54, 1.807) is 0 Å². The molecule has 2 rings (SSSR count). The molecule has 1 aliphatic rings. The van der Waals surface area contributed by atoms with Crippen molar-refractivity contribution in [3.63, 3.8) is 0 Å². The van der Waals surface area contributed by atoms with Gasteiger partial charge in [0.15, 0.2) is 0 Å². The number of esters is 1. The summed E-state index contributed by atoms with van der Waals surface area (Å²) in [7, 11) is 0. The summed E-state index contributed by atoms with van der Waals surface area (Å²) in [5.41, 5.74) is 2.29. The molecular weight excluding hydrogens is 320 g/mol. The van der Waals surface area contributed by atoms with Crippen molar-refractivity contribution in [3.8, 4) is 0 Å². The fourth-order valence-corrected chi connectivity index (χ4v) is 2.97. The van der Waals surface area contributed by atoms with Crippen molar-refractivity contribution in [3.05, 3.63) is 34.9 Å². The second-order valence-electron chi connectivity index (χ2n) is 6.58. The van der Waals surface area contributed by atoms with Gasteiger partial charge in [0.1, 0.15) is 10.4 Å². The van der Waals surface area contributed by atoms with Gasteiger partial charge in [-0.1, -0.05) is 34.1 Å². The van der Waals surface area contributed by atoms with Crippen LogP contribution in [0.3, 0.4) is 0 Å². The predicted octanol–water partition coefficient (Wildman–Crippen LogP) is 4.23. The number of hydrogen-bond acceptors (Lipinski definition) is 3. The fourth-order valence-electron chi connectivity index (χ4n) is 2.50. The van der Waals surface area contributed by atoms with Crippen LogP contribution in [0.25, 0.3) is 0 Å². The molecular formula is C16H21BrO3. The second-order valence-corrected chi connectivity index (χ2v) is 7.49. The molecule has 0 radical (unpaired) electrons. The topological polar surface area (TPSA) is 35.5 Å². The highest BCUT2D eigenvalue weighted by atomic mass is 79.9. The van der Waals surface area contributed by atoms with Crippen LogP contribution in [-0.4, -0.2) is 11.6 Å². The summed E-state index contributed by atoms with van der Waals surface area (Å²) in [6.07, 6.45) is 0. The van der Waals surface area contributed by atoms with Crippen molar-refractivity contribution in [1.82, 2.24) is 0 Å². The van der Waals surface area contributed by atoms with Crippen LogP contribution in [0.2, 0.25) is 0 Å². The van der Waals surface area contributed by atoms with Gasteiger partial charge in [0.2, 0.25) is 0 Å². The highest BCUT2D eigenvalue weighted by Gasteiger charge is 2.37. The Labute approximate surface area is 128 Å². The average molecular weight is 341 g/mol. The summed E-state index contributed by atoms with van der Waals surface area (Å²) in [6.45, 7) is 10.2. The van der Waals surface area contributed by atoms with Crippen LogP contribution in [0.1, 0.15) is 56.1 Å². The van der Waals surface area contributed by atoms with Crippen molar-refractivity contribution in [2.24, 2.45) is 0 Å². The monoisotopic (exact) mass is 340 g/mol. The summed E-state index contributed by atoms with van der Waals surface area (Å²) in [5.74, 6) is -0.270. The van der Waals surface area contributed by atoms with E-state index in [1.807, 2.05) is 52.8 Å². The van der Waals surface area contributed by atoms with Gasteiger partial charge in [0, 0.05) is 0 Å². The molecule has 1 unspecified atom stereocenters. The summed E-state index contributed by atoms with van der Waals surface area (Å²) >= 11 is 3.48. The molecule has 0 aromatic heterocycles. The zero-order chi connectivity index (χ0) is 15.1. The maximum atomic E-state index is 12.3. The zero-order valence-corrected chi connectivity index (χ0v) is 14.2. The van der Waals surface area contributed by atoms with Crippen LogP contribution in [0.15, 0.2) is 18.2 Å². The standard InChI is InChI=1S/C16H21BrO3/c1-15(2,3)20-14(18)13(17)11-8-6-7-10-9-19-16(4,5)12(10)11/h6-8,13H,9H2,1-5H3. The summed E-state index contributed by atoms with van der Waals surface area (Å²) in [4.78, 5) is 11.8. The summed E-state index contributed by atoms with van der Waals surface area (Å²) in [5, 5.41) is 0. The molecule has 0 fully saturated rings. The van der Waals surface area contributed by atoms with E-state index in [9.17, 15) is 4.79 Å². The van der Waals surface area contributed by atoms with Crippen molar-refractivity contribution >= 4 is 21.9 Å². The molecule has 1 atom stereocenters. The average Bonchev–Trinajstić information content (AvgIpc) is 2.62. The minimum absolute atomic E-state index is 0.270. The van der Waals surface area contributed by atoms with Crippen molar-refractivity contribution in [2.45, 2.75) is 57.3 Å². The lowest BCUT2D eigenvalue weighted by molar-refractivity contribution is -0.154. The first-order valence-electron chi connectivity index (χ1n) is 6.75. The Balaban J connectivity index is 2.35. The van der Waals surface area contributed by atoms with Crippen molar-refractivity contribution < 1.29 is 14.3 Å². The molecule has 1 aliphatic heterocycles. The maximum Gasteiger partial charge on any atom is 0.324 e. The molecule has 0 amide bonds. The van der Waals surface area contributed by atoms with Crippen molar-refractivity contribution in [1.29, 1.82) is 0 Å². The number of halogens is 1. The van der Waals surface area contributed by atoms with Gasteiger partial charge in [-0.2, -0.15) is 0 Å². The number of ether oxygens (including phenoxy) is 2. The van der Waals surface area contributed by atoms with E-state index in [0.717, 1.165) is 16.7 Å². The number of fused-ring (bicyclic) bond motifs is 1. The minimum atomic E-state index is -0.493. The molecule has 110 valence electrons. The normalized spacial score (nSPS) is 18.5. The van der Waals surface area contributed by atoms with Crippen LogP contribution in [0, 0.1) is 0 Å². The Kier molecular flexibility index (Phi) is 4.00. The molecule has 1 heterocycles. The Morgan fingerprint density at radius 1 is 1.40 bits per heavy atom. The first kappa shape index (κ1) is 15.5. The van der Waals surface area contributed by atoms with Crippen LogP contribution in [0.5, 0.6) is 0 Å². The lowest BCUT2D eigenvalue weighted by Crippen LogP contribution is -2.27. The summed E-state index contributed by atoms with van der Waals surface area (Å²) in [6, 6.07) is 5.96. The van der Waals surface area contributed by atoms with Crippen LogP contribution >= 0.6 is 15.9 Å². The molecule has 1 aromatic rings. The largest absolute Gasteiger partial charge is 0.459 e. The van der Waals surface area contributed by atoms with Gasteiger partial charge in [-0.3, -0.25) is 4.79 Å². The van der Waals surface area contributed by atoms with E-state index in [0.29, 0.717) is 6.61 Å². The Hall–Kier alpha value is -0.870. The second kappa shape index (κ2) is 5.15. The molecule has 3 nitrogen and oxygen atoms in total. The first-order valence-corrected chi connectivity index (χ1v) is 7.66. The van der Waals surface area contributed by atoms with E-state index in [1.165, 1.54) is 0 Å². The molecule has 1 aromatic carbocycles. The fraction of sp³-hybridized carbons (Fsp3) is 0.562. The zero-order valence-electron chi connectivity index (χ0n) is 12.6. The predicted molar refractivity (Wildman–Crippen MR) is 81.8 cm³/mol. The van der Waals surface area contributed by atoms with E-state index < -0.39 is 10.4 Å². The molecule has 0 N–H and O–H groups in total. The summed E-state index contributed by atoms with van der Waals surface area (Å²) < 4.78 is 11.3. The number of benzene rings is 1. The number of carbonyl (C=O) groups is 1. The van der Waals surface area contributed by atoms with Gasteiger partial charge < -0.3 is 9.47 Å². The quantitative estimate of drug-likeness (QED) is 0.597. The molecule has 4 heteroatoms. The number of alkyl halides is 1. The van der Waals surface area contributed by atoms with Gasteiger partial charge in [0.05, 0.1) is 12.2 Å². The molecule has 0 bridgehead atoms. The minimum Gasteiger partial charge on any atom is -0.459 e. The van der Waals surface area contributed by atoms with E-state index in [-0.39, 0.29) is 11.6 Å². The van der Waals surface area contributed by atoms with Gasteiger partial charge in [-0.05, 0) is 51.3 Å². The number of carbonyl (C=O) groups excluding carboxylic acids is 1. The van der Waals surface area contributed by atoms with Gasteiger partial charge >= 0.3 is 5.97 Å². The Bertz CT molecular complexity index is 529. The number of hydrogen-bond donors (Lipinski definition) is 0. The molecule has 20 heavy (non-hydrogen) atoms. The first-order chi connectivity index (χ1) is 9.12. The lowest BCUT2D eigenvalue weighted by Gasteiger charge is -2.25. The highest BCUT2D eigenvalue weighted by Crippen LogP contribution is 2.42. The van der Waals surface area contributed by atoms with Gasteiger partial charge in [-0.15, -0.1) is 0 Å². The van der Waals surface area contributed by atoms with Crippen LogP contribution in [-0.2, 0) is 26.5 Å². The molecule has 0 saturated heterocycles. The van der Waals surface area contributed by atoms with Gasteiger partial charge in [-0.25, -0.2) is 0 Å².